The van der Waals surface area contributed by atoms with E-state index in [0.29, 0.717) is 27.6 Å². The third-order valence-electron chi connectivity index (χ3n) is 4.63. The van der Waals surface area contributed by atoms with Gasteiger partial charge in [0, 0.05) is 34.9 Å². The highest BCUT2D eigenvalue weighted by Gasteiger charge is 2.15. The Morgan fingerprint density at radius 2 is 1.60 bits per heavy atom. The molecule has 1 aromatic heterocycles. The normalized spacial score (nSPS) is 11.6. The molecule has 0 bridgehead atoms. The summed E-state index contributed by atoms with van der Waals surface area (Å²) in [5, 5.41) is 7.68. The molecule has 1 heterocycles. The number of pyridine rings is 1. The largest absolute Gasteiger partial charge is 0.357 e. The Bertz CT molecular complexity index is 1050. The van der Waals surface area contributed by atoms with E-state index in [1.807, 2.05) is 37.3 Å². The van der Waals surface area contributed by atoms with Crippen molar-refractivity contribution < 1.29 is 4.79 Å². The van der Waals surface area contributed by atoms with Crippen LogP contribution in [0.4, 0.5) is 17.1 Å². The Morgan fingerprint density at radius 3 is 2.23 bits per heavy atom. The second kappa shape index (κ2) is 10.3. The van der Waals surface area contributed by atoms with Crippen LogP contribution in [0.15, 0.2) is 78.3 Å². The third kappa shape index (κ3) is 5.41. The third-order valence-corrected chi connectivity index (χ3v) is 5.36. The summed E-state index contributed by atoms with van der Waals surface area (Å²) >= 11 is 12.6. The average Bonchev–Trinajstić information content (AvgIpc) is 2.77. The van der Waals surface area contributed by atoms with Gasteiger partial charge < -0.3 is 10.6 Å². The molecule has 2 N–H and O–H groups in total. The van der Waals surface area contributed by atoms with Gasteiger partial charge in [-0.2, -0.15) is 0 Å². The van der Waals surface area contributed by atoms with Crippen LogP contribution < -0.4 is 10.6 Å². The second-order valence-electron chi connectivity index (χ2n) is 6.85. The summed E-state index contributed by atoms with van der Waals surface area (Å²) in [6, 6.07) is 16.8. The number of aromatic nitrogens is 1. The quantitative estimate of drug-likeness (QED) is 0.281. The lowest BCUT2D eigenvalue weighted by Gasteiger charge is -2.19. The lowest BCUT2D eigenvalue weighted by atomic mass is 10.0. The predicted octanol–water partition coefficient (Wildman–Crippen LogP) is 7.50. The molecule has 2 aromatic carbocycles. The minimum Gasteiger partial charge on any atom is -0.357 e. The smallest absolute Gasteiger partial charge is 0.190 e. The molecule has 30 heavy (non-hydrogen) atoms. The fourth-order valence-electron chi connectivity index (χ4n) is 3.04. The molecule has 0 aliphatic carbocycles. The second-order valence-corrected chi connectivity index (χ2v) is 7.66. The summed E-state index contributed by atoms with van der Waals surface area (Å²) in [7, 11) is 0. The van der Waals surface area contributed by atoms with Gasteiger partial charge in [0.15, 0.2) is 5.78 Å². The number of anilines is 3. The molecule has 0 spiro atoms. The number of hydrogen-bond donors (Lipinski definition) is 2. The highest BCUT2D eigenvalue weighted by Crippen LogP contribution is 2.36. The highest BCUT2D eigenvalue weighted by atomic mass is 35.5. The Hall–Kier alpha value is -2.82. The van der Waals surface area contributed by atoms with Gasteiger partial charge in [-0.1, -0.05) is 54.7 Å². The first kappa shape index (κ1) is 21.9. The van der Waals surface area contributed by atoms with Crippen molar-refractivity contribution in [1.82, 2.24) is 4.98 Å². The first-order chi connectivity index (χ1) is 14.5. The number of allylic oxidation sites excluding steroid dienone is 2. The molecule has 0 saturated carbocycles. The maximum atomic E-state index is 13.0. The van der Waals surface area contributed by atoms with Crippen molar-refractivity contribution in [2.75, 3.05) is 10.6 Å². The topological polar surface area (TPSA) is 54.0 Å². The number of carbonyl (C=O) groups excluding carboxylic acids is 1. The number of ketones is 1. The molecule has 3 aromatic rings. The van der Waals surface area contributed by atoms with Crippen molar-refractivity contribution in [2.45, 2.75) is 26.7 Å². The van der Waals surface area contributed by atoms with Gasteiger partial charge in [-0.15, -0.1) is 0 Å². The number of nitrogens with zero attached hydrogens (tertiary/aromatic N) is 1. The molecule has 0 fully saturated rings. The lowest BCUT2D eigenvalue weighted by Crippen LogP contribution is -2.11. The van der Waals surface area contributed by atoms with Crippen LogP contribution in [0, 0.1) is 0 Å². The molecule has 154 valence electrons. The molecule has 4 nitrogen and oxygen atoms in total. The summed E-state index contributed by atoms with van der Waals surface area (Å²) in [5.74, 6) is -0.0361. The molecular formula is C24H23Cl2N3O. The van der Waals surface area contributed by atoms with Crippen LogP contribution in [0.3, 0.4) is 0 Å². The Morgan fingerprint density at radius 1 is 0.967 bits per heavy atom. The van der Waals surface area contributed by atoms with Crippen LogP contribution in [-0.2, 0) is 0 Å². The number of benzene rings is 2. The number of Topliss-reactive ketones (excluding diaryl/α,β-unsaturated/α-hetero) is 1. The first-order valence-corrected chi connectivity index (χ1v) is 10.5. The minimum absolute atomic E-state index is 0.0361. The van der Waals surface area contributed by atoms with Crippen molar-refractivity contribution in [3.8, 4) is 0 Å². The van der Waals surface area contributed by atoms with Gasteiger partial charge >= 0.3 is 0 Å². The van der Waals surface area contributed by atoms with Gasteiger partial charge in [-0.05, 0) is 49.7 Å². The van der Waals surface area contributed by atoms with Crippen molar-refractivity contribution in [3.05, 3.63) is 93.9 Å². The molecule has 0 radical (unpaired) electrons. The molecular weight excluding hydrogens is 417 g/mol. The van der Waals surface area contributed by atoms with Crippen molar-refractivity contribution in [2.24, 2.45) is 0 Å². The van der Waals surface area contributed by atoms with E-state index in [2.05, 4.69) is 22.5 Å². The van der Waals surface area contributed by atoms with Gasteiger partial charge in [0.05, 0.1) is 21.4 Å². The summed E-state index contributed by atoms with van der Waals surface area (Å²) in [4.78, 5) is 16.9. The summed E-state index contributed by atoms with van der Waals surface area (Å²) < 4.78 is 0. The number of para-hydroxylation sites is 1. The standard InChI is InChI=1S/C24H23Cl2N3O/c1-3-7-21(16(2)24(30)17-10-12-27-13-11-17)29-23-15-20(26)19(25)14-22(23)28-18-8-5-4-6-9-18/h4-6,8-15,28-29H,3,7H2,1-2H3/b21-16-. The maximum Gasteiger partial charge on any atom is 0.190 e. The van der Waals surface area contributed by atoms with Gasteiger partial charge in [-0.3, -0.25) is 9.78 Å². The average molecular weight is 440 g/mol. The van der Waals surface area contributed by atoms with Crippen LogP contribution in [0.2, 0.25) is 10.0 Å². The van der Waals surface area contributed by atoms with E-state index < -0.39 is 0 Å². The number of rotatable bonds is 8. The summed E-state index contributed by atoms with van der Waals surface area (Å²) in [6.45, 7) is 3.91. The van der Waals surface area contributed by atoms with Crippen LogP contribution >= 0.6 is 23.2 Å². The van der Waals surface area contributed by atoms with E-state index in [4.69, 9.17) is 23.2 Å². The fourth-order valence-corrected chi connectivity index (χ4v) is 3.37. The number of hydrogen-bond acceptors (Lipinski definition) is 4. The number of nitrogens with one attached hydrogen (secondary N) is 2. The maximum absolute atomic E-state index is 13.0. The van der Waals surface area contributed by atoms with E-state index in [9.17, 15) is 4.79 Å². The zero-order chi connectivity index (χ0) is 21.5. The monoisotopic (exact) mass is 439 g/mol. The van der Waals surface area contributed by atoms with Gasteiger partial charge in [0.25, 0.3) is 0 Å². The summed E-state index contributed by atoms with van der Waals surface area (Å²) in [5.41, 5.74) is 4.54. The van der Waals surface area contributed by atoms with E-state index in [-0.39, 0.29) is 5.78 Å². The van der Waals surface area contributed by atoms with Gasteiger partial charge in [0.1, 0.15) is 0 Å². The summed E-state index contributed by atoms with van der Waals surface area (Å²) in [6.07, 6.45) is 4.84. The molecule has 0 aliphatic heterocycles. The SMILES string of the molecule is CCC/C(Nc1cc(Cl)c(Cl)cc1Nc1ccccc1)=C(\C)C(=O)c1ccncc1. The lowest BCUT2D eigenvalue weighted by molar-refractivity contribution is 0.103. The van der Waals surface area contributed by atoms with Crippen molar-refractivity contribution in [3.63, 3.8) is 0 Å². The zero-order valence-corrected chi connectivity index (χ0v) is 18.4. The molecule has 0 amide bonds. The van der Waals surface area contributed by atoms with Crippen molar-refractivity contribution >= 4 is 46.0 Å². The van der Waals surface area contributed by atoms with E-state index in [1.54, 1.807) is 36.7 Å². The molecule has 0 unspecified atom stereocenters. The van der Waals surface area contributed by atoms with Crippen LogP contribution in [0.5, 0.6) is 0 Å². The molecule has 0 aliphatic rings. The molecule has 0 saturated heterocycles. The van der Waals surface area contributed by atoms with Crippen LogP contribution in [0.1, 0.15) is 37.0 Å². The Kier molecular flexibility index (Phi) is 7.50. The minimum atomic E-state index is -0.0361. The molecule has 0 atom stereocenters. The Labute approximate surface area is 186 Å². The molecule has 3 rings (SSSR count). The van der Waals surface area contributed by atoms with E-state index >= 15 is 0 Å². The number of halogens is 2. The van der Waals surface area contributed by atoms with Crippen molar-refractivity contribution in [1.29, 1.82) is 0 Å². The predicted molar refractivity (Wildman–Crippen MR) is 126 cm³/mol. The van der Waals surface area contributed by atoms with Gasteiger partial charge in [0.2, 0.25) is 0 Å². The van der Waals surface area contributed by atoms with E-state index in [0.717, 1.165) is 29.2 Å². The first-order valence-electron chi connectivity index (χ1n) is 9.72. The highest BCUT2D eigenvalue weighted by molar-refractivity contribution is 6.42. The number of carbonyl (C=O) groups is 1. The van der Waals surface area contributed by atoms with Gasteiger partial charge in [-0.25, -0.2) is 0 Å². The fraction of sp³-hybridized carbons (Fsp3) is 0.167. The zero-order valence-electron chi connectivity index (χ0n) is 16.9. The molecule has 6 heteroatoms. The van der Waals surface area contributed by atoms with Crippen LogP contribution in [-0.4, -0.2) is 10.8 Å². The van der Waals surface area contributed by atoms with E-state index in [1.165, 1.54) is 0 Å². The van der Waals surface area contributed by atoms with Crippen LogP contribution in [0.25, 0.3) is 0 Å². The Balaban J connectivity index is 1.98.